The van der Waals surface area contributed by atoms with Crippen molar-refractivity contribution < 1.29 is 9.47 Å². The molecule has 0 spiro atoms. The smallest absolute Gasteiger partial charge is 0.191 e. The fourth-order valence-corrected chi connectivity index (χ4v) is 2.77. The van der Waals surface area contributed by atoms with Crippen molar-refractivity contribution in [3.05, 3.63) is 29.8 Å². The normalized spacial score (nSPS) is 16.3. The van der Waals surface area contributed by atoms with Crippen LogP contribution in [0.2, 0.25) is 0 Å². The van der Waals surface area contributed by atoms with Gasteiger partial charge >= 0.3 is 0 Å². The van der Waals surface area contributed by atoms with E-state index >= 15 is 0 Å². The highest BCUT2D eigenvalue weighted by Crippen LogP contribution is 2.27. The van der Waals surface area contributed by atoms with Gasteiger partial charge in [-0.05, 0) is 30.7 Å². The molecule has 0 aliphatic heterocycles. The number of nitrogens with one attached hydrogen (secondary N) is 2. The molecule has 1 fully saturated rings. The molecule has 6 heteroatoms. The summed E-state index contributed by atoms with van der Waals surface area (Å²) in [5, 5.41) is 6.72. The topological polar surface area (TPSA) is 54.9 Å². The van der Waals surface area contributed by atoms with Crippen LogP contribution in [0.4, 0.5) is 0 Å². The zero-order valence-electron chi connectivity index (χ0n) is 16.7. The van der Waals surface area contributed by atoms with Crippen LogP contribution >= 0.6 is 24.0 Å². The highest BCUT2D eigenvalue weighted by Gasteiger charge is 2.24. The maximum absolute atomic E-state index is 6.09. The zero-order valence-corrected chi connectivity index (χ0v) is 19.0. The van der Waals surface area contributed by atoms with Crippen LogP contribution in [-0.2, 0) is 11.3 Å². The highest BCUT2D eigenvalue weighted by atomic mass is 127. The van der Waals surface area contributed by atoms with Crippen molar-refractivity contribution in [1.82, 2.24) is 10.6 Å². The van der Waals surface area contributed by atoms with Gasteiger partial charge in [0.05, 0.1) is 12.2 Å². The van der Waals surface area contributed by atoms with E-state index in [2.05, 4.69) is 42.5 Å². The minimum absolute atomic E-state index is 0. The number of halogens is 1. The van der Waals surface area contributed by atoms with E-state index < -0.39 is 0 Å². The van der Waals surface area contributed by atoms with E-state index in [1.807, 2.05) is 18.2 Å². The van der Waals surface area contributed by atoms with E-state index in [9.17, 15) is 0 Å². The molecule has 26 heavy (non-hydrogen) atoms. The van der Waals surface area contributed by atoms with Crippen LogP contribution in [-0.4, -0.2) is 38.9 Å². The predicted octanol–water partition coefficient (Wildman–Crippen LogP) is 3.96. The van der Waals surface area contributed by atoms with Crippen molar-refractivity contribution in [1.29, 1.82) is 0 Å². The number of benzene rings is 1. The summed E-state index contributed by atoms with van der Waals surface area (Å²) in [4.78, 5) is 4.31. The summed E-state index contributed by atoms with van der Waals surface area (Å²) < 4.78 is 11.7. The summed E-state index contributed by atoms with van der Waals surface area (Å²) in [7, 11) is 3.53. The van der Waals surface area contributed by atoms with E-state index in [1.165, 1.54) is 6.42 Å². The lowest BCUT2D eigenvalue weighted by Crippen LogP contribution is -2.45. The number of methoxy groups -OCH3 is 1. The molecule has 1 unspecified atom stereocenters. The van der Waals surface area contributed by atoms with E-state index in [0.29, 0.717) is 19.2 Å². The molecule has 1 aromatic carbocycles. The van der Waals surface area contributed by atoms with Crippen LogP contribution in [0.25, 0.3) is 0 Å². The van der Waals surface area contributed by atoms with Gasteiger partial charge in [0.25, 0.3) is 0 Å². The van der Waals surface area contributed by atoms with Crippen LogP contribution in [0.15, 0.2) is 29.3 Å². The van der Waals surface area contributed by atoms with E-state index in [0.717, 1.165) is 30.1 Å². The largest absolute Gasteiger partial charge is 0.490 e. The Morgan fingerprint density at radius 3 is 2.46 bits per heavy atom. The number of ether oxygens (including phenoxy) is 2. The first-order valence-electron chi connectivity index (χ1n) is 9.16. The van der Waals surface area contributed by atoms with E-state index in [1.54, 1.807) is 14.2 Å². The quantitative estimate of drug-likeness (QED) is 0.356. The molecule has 0 aromatic heterocycles. The molecule has 0 heterocycles. The number of hydrogen-bond acceptors (Lipinski definition) is 3. The van der Waals surface area contributed by atoms with Crippen molar-refractivity contribution in [2.45, 2.75) is 58.8 Å². The molecule has 2 rings (SSSR count). The third kappa shape index (κ3) is 6.95. The van der Waals surface area contributed by atoms with Gasteiger partial charge in [-0.1, -0.05) is 39.0 Å². The molecule has 0 radical (unpaired) electrons. The SMILES string of the molecule is CN=C(NCc1ccccc1OC1CCC1)NCC(OC)C(C)(C)C.I. The Hall–Kier alpha value is -1.02. The van der Waals surface area contributed by atoms with Crippen LogP contribution in [0.5, 0.6) is 5.75 Å². The Bertz CT molecular complexity index is 568. The Balaban J connectivity index is 0.00000338. The number of hydrogen-bond donors (Lipinski definition) is 2. The van der Waals surface area contributed by atoms with Gasteiger partial charge in [-0.25, -0.2) is 0 Å². The maximum Gasteiger partial charge on any atom is 0.191 e. The van der Waals surface area contributed by atoms with Gasteiger partial charge in [0.2, 0.25) is 0 Å². The van der Waals surface area contributed by atoms with Crippen LogP contribution in [0, 0.1) is 5.41 Å². The van der Waals surface area contributed by atoms with Crippen molar-refractivity contribution >= 4 is 29.9 Å². The summed E-state index contributed by atoms with van der Waals surface area (Å²) >= 11 is 0. The third-order valence-electron chi connectivity index (χ3n) is 4.69. The predicted molar refractivity (Wildman–Crippen MR) is 119 cm³/mol. The molecular formula is C20H34IN3O2. The molecule has 148 valence electrons. The summed E-state index contributed by atoms with van der Waals surface area (Å²) in [6.45, 7) is 7.91. The van der Waals surface area contributed by atoms with Gasteiger partial charge < -0.3 is 20.1 Å². The highest BCUT2D eigenvalue weighted by molar-refractivity contribution is 14.0. The second kappa shape index (κ2) is 11.0. The van der Waals surface area contributed by atoms with Crippen LogP contribution in [0.3, 0.4) is 0 Å². The van der Waals surface area contributed by atoms with Gasteiger partial charge in [-0.3, -0.25) is 4.99 Å². The maximum atomic E-state index is 6.09. The molecule has 0 amide bonds. The average Bonchev–Trinajstić information content (AvgIpc) is 2.54. The number of guanidine groups is 1. The Labute approximate surface area is 175 Å². The van der Waals surface area contributed by atoms with Gasteiger partial charge in [0.1, 0.15) is 5.75 Å². The first-order valence-corrected chi connectivity index (χ1v) is 9.16. The average molecular weight is 475 g/mol. The van der Waals surface area contributed by atoms with Gasteiger partial charge in [-0.15, -0.1) is 24.0 Å². The van der Waals surface area contributed by atoms with Crippen molar-refractivity contribution in [3.8, 4) is 5.75 Å². The molecular weight excluding hydrogens is 441 g/mol. The fraction of sp³-hybridized carbons (Fsp3) is 0.650. The lowest BCUT2D eigenvalue weighted by atomic mass is 9.89. The second-order valence-electron chi connectivity index (χ2n) is 7.68. The number of rotatable bonds is 7. The van der Waals surface area contributed by atoms with Gasteiger partial charge in [-0.2, -0.15) is 0 Å². The number of aliphatic imine (C=N–C) groups is 1. The lowest BCUT2D eigenvalue weighted by molar-refractivity contribution is 0.0205. The molecule has 5 nitrogen and oxygen atoms in total. The van der Waals surface area contributed by atoms with Gasteiger partial charge in [0, 0.05) is 32.8 Å². The Morgan fingerprint density at radius 2 is 1.92 bits per heavy atom. The van der Waals surface area contributed by atoms with E-state index in [-0.39, 0.29) is 35.5 Å². The fourth-order valence-electron chi connectivity index (χ4n) is 2.77. The second-order valence-corrected chi connectivity index (χ2v) is 7.68. The minimum atomic E-state index is 0. The number of nitrogens with zero attached hydrogens (tertiary/aromatic N) is 1. The van der Waals surface area contributed by atoms with Gasteiger partial charge in [0.15, 0.2) is 5.96 Å². The summed E-state index contributed by atoms with van der Waals surface area (Å²) in [6, 6.07) is 8.21. The molecule has 1 aliphatic rings. The monoisotopic (exact) mass is 475 g/mol. The van der Waals surface area contributed by atoms with Crippen LogP contribution < -0.4 is 15.4 Å². The molecule has 0 bridgehead atoms. The van der Waals surface area contributed by atoms with E-state index in [4.69, 9.17) is 9.47 Å². The Morgan fingerprint density at radius 1 is 1.23 bits per heavy atom. The lowest BCUT2D eigenvalue weighted by Gasteiger charge is -2.30. The molecule has 1 aromatic rings. The van der Waals surface area contributed by atoms with Crippen molar-refractivity contribution in [2.75, 3.05) is 20.7 Å². The first-order chi connectivity index (χ1) is 11.9. The standard InChI is InChI=1S/C20H33N3O2.HI/c1-20(2,3)18(24-5)14-23-19(21-4)22-13-15-9-6-7-12-17(15)25-16-10-8-11-16;/h6-7,9,12,16,18H,8,10-11,13-14H2,1-5H3,(H2,21,22,23);1H. The van der Waals surface area contributed by atoms with Crippen LogP contribution in [0.1, 0.15) is 45.6 Å². The molecule has 0 saturated heterocycles. The molecule has 1 atom stereocenters. The van der Waals surface area contributed by atoms with Crippen molar-refractivity contribution in [2.24, 2.45) is 10.4 Å². The molecule has 2 N–H and O–H groups in total. The first kappa shape index (κ1) is 23.0. The number of para-hydroxylation sites is 1. The zero-order chi connectivity index (χ0) is 18.3. The third-order valence-corrected chi connectivity index (χ3v) is 4.69. The molecule has 1 aliphatic carbocycles. The summed E-state index contributed by atoms with van der Waals surface area (Å²) in [6.07, 6.45) is 4.09. The molecule has 1 saturated carbocycles. The summed E-state index contributed by atoms with van der Waals surface area (Å²) in [5.74, 6) is 1.74. The minimum Gasteiger partial charge on any atom is -0.490 e. The van der Waals surface area contributed by atoms with Crippen molar-refractivity contribution in [3.63, 3.8) is 0 Å². The Kier molecular flexibility index (Phi) is 9.71. The summed E-state index contributed by atoms with van der Waals surface area (Å²) in [5.41, 5.74) is 1.22.